The molecule has 3 aromatic carbocycles. The second-order valence-corrected chi connectivity index (χ2v) is 8.69. The van der Waals surface area contributed by atoms with Gasteiger partial charge in [0.05, 0.1) is 22.3 Å². The zero-order chi connectivity index (χ0) is 22.0. The van der Waals surface area contributed by atoms with Crippen LogP contribution in [0.3, 0.4) is 0 Å². The van der Waals surface area contributed by atoms with E-state index in [2.05, 4.69) is 5.10 Å². The SMILES string of the molecule is NS(=O)(=O)c1ccc(N2N=C(/C=C/c3ccc(F)cc3)C[C@@H]2c2ccc(F)cc2)cc1. The first kappa shape index (κ1) is 20.9. The largest absolute Gasteiger partial charge is 0.257 e. The highest BCUT2D eigenvalue weighted by Gasteiger charge is 2.28. The van der Waals surface area contributed by atoms with Crippen LogP contribution in [0.4, 0.5) is 14.5 Å². The van der Waals surface area contributed by atoms with Crippen LogP contribution in [0.25, 0.3) is 6.08 Å². The molecule has 0 radical (unpaired) electrons. The predicted molar refractivity (Wildman–Crippen MR) is 117 cm³/mol. The monoisotopic (exact) mass is 439 g/mol. The van der Waals surface area contributed by atoms with E-state index in [1.165, 1.54) is 36.4 Å². The summed E-state index contributed by atoms with van der Waals surface area (Å²) in [6, 6.07) is 18.2. The van der Waals surface area contributed by atoms with Gasteiger partial charge in [-0.15, -0.1) is 0 Å². The number of hydrogen-bond acceptors (Lipinski definition) is 4. The predicted octanol–water partition coefficient (Wildman–Crippen LogP) is 4.63. The summed E-state index contributed by atoms with van der Waals surface area (Å²) in [5.74, 6) is -0.635. The molecule has 0 saturated heterocycles. The van der Waals surface area contributed by atoms with Crippen molar-refractivity contribution >= 4 is 27.5 Å². The first-order chi connectivity index (χ1) is 14.8. The van der Waals surface area contributed by atoms with Gasteiger partial charge in [-0.1, -0.05) is 30.3 Å². The summed E-state index contributed by atoms with van der Waals surface area (Å²) in [6.45, 7) is 0. The van der Waals surface area contributed by atoms with Gasteiger partial charge in [-0.05, 0) is 65.7 Å². The van der Waals surface area contributed by atoms with E-state index in [1.54, 1.807) is 41.4 Å². The fourth-order valence-corrected chi connectivity index (χ4v) is 3.89. The molecule has 1 aliphatic rings. The maximum absolute atomic E-state index is 13.4. The lowest BCUT2D eigenvalue weighted by Crippen LogP contribution is -2.19. The lowest BCUT2D eigenvalue weighted by molar-refractivity contribution is 0.597. The molecule has 2 N–H and O–H groups in total. The maximum Gasteiger partial charge on any atom is 0.238 e. The fraction of sp³-hybridized carbons (Fsp3) is 0.0870. The number of halogens is 2. The van der Waals surface area contributed by atoms with Crippen LogP contribution in [0, 0.1) is 11.6 Å². The average molecular weight is 439 g/mol. The average Bonchev–Trinajstić information content (AvgIpc) is 3.18. The van der Waals surface area contributed by atoms with Gasteiger partial charge in [-0.3, -0.25) is 5.01 Å². The summed E-state index contributed by atoms with van der Waals surface area (Å²) in [4.78, 5) is 0.00851. The number of rotatable bonds is 5. The molecule has 0 bridgehead atoms. The van der Waals surface area contributed by atoms with Crippen LogP contribution in [-0.2, 0) is 10.0 Å². The Kier molecular flexibility index (Phi) is 5.67. The number of nitrogens with zero attached hydrogens (tertiary/aromatic N) is 2. The van der Waals surface area contributed by atoms with E-state index >= 15 is 0 Å². The standard InChI is InChI=1S/C23H19F2N3O2S/c24-18-6-1-16(2-7-18)3-10-20-15-23(17-4-8-19(25)9-5-17)28(27-20)21-11-13-22(14-12-21)31(26,29)30/h1-14,23H,15H2,(H2,26,29,30)/b10-3+/t23-/m1/s1. The van der Waals surface area contributed by atoms with Crippen molar-refractivity contribution in [2.75, 3.05) is 5.01 Å². The van der Waals surface area contributed by atoms with Crippen molar-refractivity contribution < 1.29 is 17.2 Å². The number of sulfonamides is 1. The van der Waals surface area contributed by atoms with Gasteiger partial charge in [0.15, 0.2) is 0 Å². The van der Waals surface area contributed by atoms with Gasteiger partial charge in [-0.25, -0.2) is 22.3 Å². The smallest absolute Gasteiger partial charge is 0.238 e. The molecule has 0 unspecified atom stereocenters. The van der Waals surface area contributed by atoms with Crippen molar-refractivity contribution in [3.05, 3.63) is 102 Å². The quantitative estimate of drug-likeness (QED) is 0.630. The molecule has 1 aliphatic heterocycles. The minimum Gasteiger partial charge on any atom is -0.257 e. The molecule has 5 nitrogen and oxygen atoms in total. The Bertz CT molecular complexity index is 1240. The molecule has 1 atom stereocenters. The van der Waals surface area contributed by atoms with Crippen LogP contribution >= 0.6 is 0 Å². The van der Waals surface area contributed by atoms with Crippen LogP contribution in [0.15, 0.2) is 88.9 Å². The molecular formula is C23H19F2N3O2S. The van der Waals surface area contributed by atoms with Crippen molar-refractivity contribution in [2.24, 2.45) is 10.2 Å². The second-order valence-electron chi connectivity index (χ2n) is 7.13. The summed E-state index contributed by atoms with van der Waals surface area (Å²) in [5.41, 5.74) is 3.14. The van der Waals surface area contributed by atoms with E-state index in [1.807, 2.05) is 12.2 Å². The molecule has 0 saturated carbocycles. The zero-order valence-electron chi connectivity index (χ0n) is 16.3. The number of allylic oxidation sites excluding steroid dienone is 1. The minimum absolute atomic E-state index is 0.00851. The van der Waals surface area contributed by atoms with Crippen LogP contribution < -0.4 is 10.1 Å². The van der Waals surface area contributed by atoms with E-state index < -0.39 is 10.0 Å². The van der Waals surface area contributed by atoms with Crippen molar-refractivity contribution in [3.63, 3.8) is 0 Å². The van der Waals surface area contributed by atoms with Crippen LogP contribution in [0.2, 0.25) is 0 Å². The molecule has 0 aliphatic carbocycles. The lowest BCUT2D eigenvalue weighted by Gasteiger charge is -2.24. The van der Waals surface area contributed by atoms with Gasteiger partial charge in [0.25, 0.3) is 0 Å². The van der Waals surface area contributed by atoms with Crippen molar-refractivity contribution in [1.82, 2.24) is 0 Å². The summed E-state index contributed by atoms with van der Waals surface area (Å²) in [6.07, 6.45) is 4.25. The molecule has 8 heteroatoms. The lowest BCUT2D eigenvalue weighted by atomic mass is 10.0. The van der Waals surface area contributed by atoms with Crippen molar-refractivity contribution in [3.8, 4) is 0 Å². The van der Waals surface area contributed by atoms with E-state index in [0.717, 1.165) is 16.8 Å². The van der Waals surface area contributed by atoms with E-state index in [4.69, 9.17) is 5.14 Å². The molecule has 3 aromatic rings. The topological polar surface area (TPSA) is 75.8 Å². The molecule has 0 spiro atoms. The van der Waals surface area contributed by atoms with Gasteiger partial charge in [0.1, 0.15) is 11.6 Å². The van der Waals surface area contributed by atoms with Crippen LogP contribution in [-0.4, -0.2) is 14.1 Å². The maximum atomic E-state index is 13.4. The number of primary sulfonamides is 1. The number of anilines is 1. The Labute approximate surface area is 179 Å². The Morgan fingerprint density at radius 3 is 2.03 bits per heavy atom. The van der Waals surface area contributed by atoms with Crippen molar-refractivity contribution in [1.29, 1.82) is 0 Å². The Hall–Kier alpha value is -3.36. The van der Waals surface area contributed by atoms with Gasteiger partial charge < -0.3 is 0 Å². The summed E-state index contributed by atoms with van der Waals surface area (Å²) in [5, 5.41) is 11.6. The minimum atomic E-state index is -3.80. The fourth-order valence-electron chi connectivity index (χ4n) is 3.37. The summed E-state index contributed by atoms with van der Waals surface area (Å²) >= 11 is 0. The number of hydrogen-bond donors (Lipinski definition) is 1. The number of nitrogens with two attached hydrogens (primary N) is 1. The third-order valence-electron chi connectivity index (χ3n) is 4.96. The Morgan fingerprint density at radius 1 is 0.871 bits per heavy atom. The molecule has 0 amide bonds. The molecule has 0 aromatic heterocycles. The molecule has 158 valence electrons. The van der Waals surface area contributed by atoms with Crippen LogP contribution in [0.1, 0.15) is 23.6 Å². The third-order valence-corrected chi connectivity index (χ3v) is 5.89. The van der Waals surface area contributed by atoms with E-state index in [-0.39, 0.29) is 22.6 Å². The van der Waals surface area contributed by atoms with Gasteiger partial charge in [0, 0.05) is 6.42 Å². The third kappa shape index (κ3) is 4.87. The number of benzene rings is 3. The molecule has 31 heavy (non-hydrogen) atoms. The second kappa shape index (κ2) is 8.41. The highest BCUT2D eigenvalue weighted by Crippen LogP contribution is 2.36. The molecule has 4 rings (SSSR count). The molecule has 0 fully saturated rings. The molecule has 1 heterocycles. The molecular weight excluding hydrogens is 420 g/mol. The zero-order valence-corrected chi connectivity index (χ0v) is 17.1. The normalized spacial score (nSPS) is 16.7. The first-order valence-corrected chi connectivity index (χ1v) is 11.0. The summed E-state index contributed by atoms with van der Waals surface area (Å²) in [7, 11) is -3.80. The van der Waals surface area contributed by atoms with Crippen LogP contribution in [0.5, 0.6) is 0 Å². The van der Waals surface area contributed by atoms with Crippen molar-refractivity contribution in [2.45, 2.75) is 17.4 Å². The summed E-state index contributed by atoms with van der Waals surface area (Å²) < 4.78 is 49.6. The highest BCUT2D eigenvalue weighted by atomic mass is 32.2. The Balaban J connectivity index is 1.66. The van der Waals surface area contributed by atoms with Gasteiger partial charge in [0.2, 0.25) is 10.0 Å². The Morgan fingerprint density at radius 2 is 1.45 bits per heavy atom. The highest BCUT2D eigenvalue weighted by molar-refractivity contribution is 7.89. The number of hydrazone groups is 1. The van der Waals surface area contributed by atoms with Gasteiger partial charge in [-0.2, -0.15) is 5.10 Å². The van der Waals surface area contributed by atoms with E-state index in [9.17, 15) is 17.2 Å². The first-order valence-electron chi connectivity index (χ1n) is 9.48. The van der Waals surface area contributed by atoms with E-state index in [0.29, 0.717) is 12.1 Å². The van der Waals surface area contributed by atoms with Gasteiger partial charge >= 0.3 is 0 Å².